The molecule has 3 heteroatoms. The van der Waals surface area contributed by atoms with E-state index in [1.807, 2.05) is 6.07 Å². The molecule has 2 rings (SSSR count). The predicted molar refractivity (Wildman–Crippen MR) is 64.9 cm³/mol. The molecule has 0 amide bonds. The summed E-state index contributed by atoms with van der Waals surface area (Å²) < 4.78 is 0. The van der Waals surface area contributed by atoms with Gasteiger partial charge in [-0.25, -0.2) is 9.97 Å². The smallest absolute Gasteiger partial charge is 0.115 e. The van der Waals surface area contributed by atoms with Crippen molar-refractivity contribution in [2.45, 2.75) is 45.1 Å². The monoisotopic (exact) mass is 219 g/mol. The van der Waals surface area contributed by atoms with E-state index in [1.54, 1.807) is 12.5 Å². The quantitative estimate of drug-likeness (QED) is 0.773. The summed E-state index contributed by atoms with van der Waals surface area (Å²) in [7, 11) is 0. The van der Waals surface area contributed by atoms with Crippen molar-refractivity contribution in [3.05, 3.63) is 24.3 Å². The first-order valence-corrected chi connectivity index (χ1v) is 6.41. The Morgan fingerprint density at radius 2 is 2.12 bits per heavy atom. The maximum atomic E-state index is 4.19. The van der Waals surface area contributed by atoms with Gasteiger partial charge in [0, 0.05) is 12.7 Å². The van der Waals surface area contributed by atoms with Gasteiger partial charge in [-0.15, -0.1) is 0 Å². The molecule has 88 valence electrons. The number of hydrogen-bond acceptors (Lipinski definition) is 3. The molecule has 1 N–H and O–H groups in total. The number of aromatic nitrogens is 2. The Hall–Kier alpha value is -0.960. The van der Waals surface area contributed by atoms with E-state index in [4.69, 9.17) is 0 Å². The van der Waals surface area contributed by atoms with Crippen molar-refractivity contribution in [2.75, 3.05) is 6.54 Å². The van der Waals surface area contributed by atoms with Crippen LogP contribution in [0.25, 0.3) is 0 Å². The van der Waals surface area contributed by atoms with Gasteiger partial charge in [0.1, 0.15) is 6.33 Å². The molecule has 0 spiro atoms. The molecular formula is C13H21N3. The summed E-state index contributed by atoms with van der Waals surface area (Å²) in [5.41, 5.74) is 1.08. The summed E-state index contributed by atoms with van der Waals surface area (Å²) in [6.07, 6.45) is 11.9. The Bertz CT molecular complexity index is 280. The lowest BCUT2D eigenvalue weighted by Gasteiger charge is -2.21. The van der Waals surface area contributed by atoms with E-state index in [1.165, 1.54) is 38.5 Å². The number of rotatable bonds is 5. The molecule has 0 unspecified atom stereocenters. The van der Waals surface area contributed by atoms with Crippen molar-refractivity contribution >= 4 is 0 Å². The highest BCUT2D eigenvalue weighted by molar-refractivity contribution is 4.96. The lowest BCUT2D eigenvalue weighted by atomic mass is 9.87. The van der Waals surface area contributed by atoms with Crippen molar-refractivity contribution in [3.63, 3.8) is 0 Å². The standard InChI is InChI=1S/C13H21N3/c1-2-4-12(5-3-1)6-8-14-10-13-7-9-15-11-16-13/h7,9,11-12,14H,1-6,8,10H2. The maximum absolute atomic E-state index is 4.19. The van der Waals surface area contributed by atoms with Crippen molar-refractivity contribution in [1.29, 1.82) is 0 Å². The molecule has 0 radical (unpaired) electrons. The molecular weight excluding hydrogens is 198 g/mol. The van der Waals surface area contributed by atoms with Gasteiger partial charge in [-0.3, -0.25) is 0 Å². The second kappa shape index (κ2) is 6.59. The van der Waals surface area contributed by atoms with Crippen LogP contribution in [0.4, 0.5) is 0 Å². The Morgan fingerprint density at radius 3 is 2.88 bits per heavy atom. The van der Waals surface area contributed by atoms with Crippen LogP contribution in [0, 0.1) is 5.92 Å². The van der Waals surface area contributed by atoms with Gasteiger partial charge in [0.15, 0.2) is 0 Å². The predicted octanol–water partition coefficient (Wildman–Crippen LogP) is 2.54. The molecule has 1 aliphatic rings. The van der Waals surface area contributed by atoms with Crippen LogP contribution in [0.15, 0.2) is 18.6 Å². The normalized spacial score (nSPS) is 17.5. The Labute approximate surface area is 97.7 Å². The number of nitrogens with zero attached hydrogens (tertiary/aromatic N) is 2. The zero-order chi connectivity index (χ0) is 11.1. The highest BCUT2D eigenvalue weighted by Crippen LogP contribution is 2.25. The minimum atomic E-state index is 0.870. The molecule has 1 aromatic heterocycles. The van der Waals surface area contributed by atoms with Crippen molar-refractivity contribution in [1.82, 2.24) is 15.3 Å². The fourth-order valence-corrected chi connectivity index (χ4v) is 2.42. The minimum Gasteiger partial charge on any atom is -0.311 e. The van der Waals surface area contributed by atoms with E-state index < -0.39 is 0 Å². The molecule has 0 saturated heterocycles. The van der Waals surface area contributed by atoms with Gasteiger partial charge < -0.3 is 5.32 Å². The fourth-order valence-electron chi connectivity index (χ4n) is 2.42. The zero-order valence-corrected chi connectivity index (χ0v) is 9.86. The van der Waals surface area contributed by atoms with E-state index in [9.17, 15) is 0 Å². The lowest BCUT2D eigenvalue weighted by Crippen LogP contribution is -2.19. The van der Waals surface area contributed by atoms with Gasteiger partial charge in [0.25, 0.3) is 0 Å². The number of nitrogens with one attached hydrogen (secondary N) is 1. The molecule has 0 aromatic carbocycles. The van der Waals surface area contributed by atoms with E-state index in [0.717, 1.165) is 24.7 Å². The topological polar surface area (TPSA) is 37.8 Å². The highest BCUT2D eigenvalue weighted by atomic mass is 14.9. The van der Waals surface area contributed by atoms with Gasteiger partial charge in [-0.1, -0.05) is 32.1 Å². The largest absolute Gasteiger partial charge is 0.311 e. The third kappa shape index (κ3) is 3.89. The minimum absolute atomic E-state index is 0.870. The first kappa shape index (κ1) is 11.5. The van der Waals surface area contributed by atoms with Crippen LogP contribution in [-0.2, 0) is 6.54 Å². The van der Waals surface area contributed by atoms with E-state index in [-0.39, 0.29) is 0 Å². The summed E-state index contributed by atoms with van der Waals surface area (Å²) in [4.78, 5) is 8.10. The molecule has 1 aromatic rings. The van der Waals surface area contributed by atoms with E-state index in [2.05, 4.69) is 15.3 Å². The lowest BCUT2D eigenvalue weighted by molar-refractivity contribution is 0.333. The SMILES string of the molecule is c1cc(CNCCC2CCCCC2)ncn1. The fraction of sp³-hybridized carbons (Fsp3) is 0.692. The van der Waals surface area contributed by atoms with Crippen LogP contribution in [0.2, 0.25) is 0 Å². The van der Waals surface area contributed by atoms with Gasteiger partial charge in [0.05, 0.1) is 5.69 Å². The summed E-state index contributed by atoms with van der Waals surface area (Å²) in [6, 6.07) is 1.97. The number of hydrogen-bond donors (Lipinski definition) is 1. The molecule has 1 saturated carbocycles. The van der Waals surface area contributed by atoms with Crippen LogP contribution >= 0.6 is 0 Å². The average Bonchev–Trinajstić information content (AvgIpc) is 2.37. The Balaban J connectivity index is 1.58. The molecule has 1 fully saturated rings. The van der Waals surface area contributed by atoms with Crippen LogP contribution in [0.1, 0.15) is 44.2 Å². The maximum Gasteiger partial charge on any atom is 0.115 e. The van der Waals surface area contributed by atoms with E-state index >= 15 is 0 Å². The summed E-state index contributed by atoms with van der Waals surface area (Å²) >= 11 is 0. The van der Waals surface area contributed by atoms with Gasteiger partial charge in [-0.2, -0.15) is 0 Å². The Morgan fingerprint density at radius 1 is 1.25 bits per heavy atom. The molecule has 1 aliphatic carbocycles. The molecule has 0 aliphatic heterocycles. The van der Waals surface area contributed by atoms with Crippen molar-refractivity contribution in [3.8, 4) is 0 Å². The molecule has 16 heavy (non-hydrogen) atoms. The highest BCUT2D eigenvalue weighted by Gasteiger charge is 2.12. The van der Waals surface area contributed by atoms with Crippen LogP contribution in [0.3, 0.4) is 0 Å². The van der Waals surface area contributed by atoms with E-state index in [0.29, 0.717) is 0 Å². The first-order valence-electron chi connectivity index (χ1n) is 6.41. The summed E-state index contributed by atoms with van der Waals surface area (Å²) in [6.45, 7) is 1.99. The van der Waals surface area contributed by atoms with Crippen LogP contribution < -0.4 is 5.32 Å². The first-order chi connectivity index (χ1) is 7.95. The third-order valence-electron chi connectivity index (χ3n) is 3.40. The molecule has 3 nitrogen and oxygen atoms in total. The molecule has 1 heterocycles. The zero-order valence-electron chi connectivity index (χ0n) is 9.86. The average molecular weight is 219 g/mol. The Kier molecular flexibility index (Phi) is 4.74. The molecule has 0 atom stereocenters. The second-order valence-electron chi connectivity index (χ2n) is 4.67. The second-order valence-corrected chi connectivity index (χ2v) is 4.67. The van der Waals surface area contributed by atoms with Crippen LogP contribution in [-0.4, -0.2) is 16.5 Å². The van der Waals surface area contributed by atoms with Crippen molar-refractivity contribution < 1.29 is 0 Å². The van der Waals surface area contributed by atoms with Gasteiger partial charge in [0.2, 0.25) is 0 Å². The van der Waals surface area contributed by atoms with Gasteiger partial charge in [-0.05, 0) is 24.9 Å². The third-order valence-corrected chi connectivity index (χ3v) is 3.40. The summed E-state index contributed by atoms with van der Waals surface area (Å²) in [5, 5.41) is 3.46. The summed E-state index contributed by atoms with van der Waals surface area (Å²) in [5.74, 6) is 0.964. The van der Waals surface area contributed by atoms with Crippen LogP contribution in [0.5, 0.6) is 0 Å². The van der Waals surface area contributed by atoms with Gasteiger partial charge >= 0.3 is 0 Å². The van der Waals surface area contributed by atoms with Crippen molar-refractivity contribution in [2.24, 2.45) is 5.92 Å². The molecule has 0 bridgehead atoms.